The number of nitrogens with zero attached hydrogens (tertiary/aromatic N) is 1. The molecule has 6 nitrogen and oxygen atoms in total. The van der Waals surface area contributed by atoms with Gasteiger partial charge in [-0.3, -0.25) is 9.59 Å². The molecule has 1 unspecified atom stereocenters. The molecule has 31 heavy (non-hydrogen) atoms. The second-order valence-electron chi connectivity index (χ2n) is 8.99. The van der Waals surface area contributed by atoms with Gasteiger partial charge in [-0.05, 0) is 38.0 Å². The molecule has 0 aromatic carbocycles. The molecule has 0 bridgehead atoms. The largest absolute Gasteiger partial charge is 0.478 e. The molecule has 2 N–H and O–H groups in total. The number of carbonyl (C=O) groups is 3. The highest BCUT2D eigenvalue weighted by molar-refractivity contribution is 5.88. The zero-order valence-corrected chi connectivity index (χ0v) is 21.7. The molecular formula is C25H48N2O4. The molecule has 0 aliphatic rings. The van der Waals surface area contributed by atoms with E-state index in [1.165, 1.54) is 18.2 Å². The summed E-state index contributed by atoms with van der Waals surface area (Å²) in [5.74, 6) is -0.808. The van der Waals surface area contributed by atoms with Crippen LogP contribution >= 0.6 is 0 Å². The Kier molecular flexibility index (Phi) is 16.1. The van der Waals surface area contributed by atoms with Gasteiger partial charge in [0.2, 0.25) is 11.8 Å². The van der Waals surface area contributed by atoms with E-state index in [1.54, 1.807) is 13.1 Å². The Bertz CT molecular complexity index is 580. The average Bonchev–Trinajstić information content (AvgIpc) is 2.73. The third kappa shape index (κ3) is 10.8. The van der Waals surface area contributed by atoms with Gasteiger partial charge >= 0.3 is 5.97 Å². The molecule has 0 spiro atoms. The molecular weight excluding hydrogens is 392 g/mol. The predicted octanol–water partition coefficient (Wildman–Crippen LogP) is 5.28. The zero-order chi connectivity index (χ0) is 24.8. The first kappa shape index (κ1) is 31.3. The molecule has 2 amide bonds. The fourth-order valence-electron chi connectivity index (χ4n) is 3.48. The molecule has 0 aliphatic carbocycles. The molecule has 2 atom stereocenters. The van der Waals surface area contributed by atoms with Gasteiger partial charge in [0.15, 0.2) is 0 Å². The lowest BCUT2D eigenvalue weighted by molar-refractivity contribution is -0.137. The van der Waals surface area contributed by atoms with Gasteiger partial charge in [-0.1, -0.05) is 74.3 Å². The maximum absolute atomic E-state index is 12.9. The molecule has 6 heteroatoms. The van der Waals surface area contributed by atoms with Crippen molar-refractivity contribution in [3.63, 3.8) is 0 Å². The van der Waals surface area contributed by atoms with Gasteiger partial charge < -0.3 is 15.3 Å². The Morgan fingerprint density at radius 2 is 1.52 bits per heavy atom. The van der Waals surface area contributed by atoms with Gasteiger partial charge in [0.25, 0.3) is 0 Å². The summed E-state index contributed by atoms with van der Waals surface area (Å²) in [5, 5.41) is 12.0. The van der Waals surface area contributed by atoms with Crippen LogP contribution in [0.25, 0.3) is 0 Å². The smallest absolute Gasteiger partial charge is 0.331 e. The van der Waals surface area contributed by atoms with Crippen molar-refractivity contribution in [2.45, 2.75) is 100 Å². The topological polar surface area (TPSA) is 86.7 Å². The van der Waals surface area contributed by atoms with Crippen LogP contribution in [0.15, 0.2) is 11.6 Å². The Labute approximate surface area is 190 Å². The first-order valence-electron chi connectivity index (χ1n) is 11.8. The summed E-state index contributed by atoms with van der Waals surface area (Å²) in [6, 6.07) is -0.345. The standard InChI is InChI=1S/C22H40N2O4.C3H8/c1-9-16(6)13-22(10-2,11-3)21(28)23-14-19(25)24(8)18(15(4)5)12-17(7)20(26)27;1-3-2/h12,15-16,18H,9-11,13-14H2,1-8H3,(H,23,28)(H,26,27);3H2,1-2H3/b17-12+;/t16?,18-;/m1./s1. The number of aliphatic carboxylic acids is 1. The maximum Gasteiger partial charge on any atom is 0.331 e. The van der Waals surface area contributed by atoms with Crippen molar-refractivity contribution < 1.29 is 19.5 Å². The van der Waals surface area contributed by atoms with E-state index in [9.17, 15) is 14.4 Å². The molecule has 0 radical (unpaired) electrons. The third-order valence-corrected chi connectivity index (χ3v) is 5.95. The lowest BCUT2D eigenvalue weighted by Crippen LogP contribution is -2.48. The number of hydrogen-bond acceptors (Lipinski definition) is 3. The summed E-state index contributed by atoms with van der Waals surface area (Å²) in [5.41, 5.74) is -0.252. The zero-order valence-electron chi connectivity index (χ0n) is 21.7. The number of carbonyl (C=O) groups excluding carboxylic acids is 2. The summed E-state index contributed by atoms with van der Waals surface area (Å²) in [4.78, 5) is 38.2. The highest BCUT2D eigenvalue weighted by Gasteiger charge is 2.36. The van der Waals surface area contributed by atoms with Crippen LogP contribution in [0.4, 0.5) is 0 Å². The van der Waals surface area contributed by atoms with E-state index in [2.05, 4.69) is 33.0 Å². The van der Waals surface area contributed by atoms with Crippen molar-refractivity contribution in [3.05, 3.63) is 11.6 Å². The van der Waals surface area contributed by atoms with Crippen LogP contribution in [0.5, 0.6) is 0 Å². The van der Waals surface area contributed by atoms with E-state index in [0.717, 1.165) is 25.7 Å². The summed E-state index contributed by atoms with van der Waals surface area (Å²) in [6.07, 6.45) is 6.14. The molecule has 0 rings (SSSR count). The van der Waals surface area contributed by atoms with Crippen molar-refractivity contribution >= 4 is 17.8 Å². The van der Waals surface area contributed by atoms with Gasteiger partial charge in [-0.2, -0.15) is 0 Å². The molecule has 0 saturated carbocycles. The molecule has 0 aromatic rings. The first-order chi connectivity index (χ1) is 14.4. The van der Waals surface area contributed by atoms with Crippen LogP contribution in [-0.4, -0.2) is 47.4 Å². The van der Waals surface area contributed by atoms with Crippen molar-refractivity contribution in [3.8, 4) is 0 Å². The number of carboxylic acid groups (broad SMARTS) is 1. The van der Waals surface area contributed by atoms with Crippen LogP contribution in [0.3, 0.4) is 0 Å². The first-order valence-corrected chi connectivity index (χ1v) is 11.8. The van der Waals surface area contributed by atoms with Crippen molar-refractivity contribution in [1.82, 2.24) is 10.2 Å². The highest BCUT2D eigenvalue weighted by atomic mass is 16.4. The monoisotopic (exact) mass is 440 g/mol. The van der Waals surface area contributed by atoms with Gasteiger partial charge in [-0.15, -0.1) is 0 Å². The van der Waals surface area contributed by atoms with Crippen molar-refractivity contribution in [2.24, 2.45) is 17.3 Å². The second kappa shape index (κ2) is 15.9. The molecule has 0 heterocycles. The molecule has 0 aliphatic heterocycles. The lowest BCUT2D eigenvalue weighted by atomic mass is 9.74. The van der Waals surface area contributed by atoms with Gasteiger partial charge in [0.05, 0.1) is 12.6 Å². The second-order valence-corrected chi connectivity index (χ2v) is 8.99. The number of amides is 2. The normalized spacial score (nSPS) is 13.7. The predicted molar refractivity (Wildman–Crippen MR) is 129 cm³/mol. The Morgan fingerprint density at radius 3 is 1.87 bits per heavy atom. The van der Waals surface area contributed by atoms with Crippen LogP contribution < -0.4 is 5.32 Å². The van der Waals surface area contributed by atoms with Crippen molar-refractivity contribution in [1.29, 1.82) is 0 Å². The fourth-order valence-corrected chi connectivity index (χ4v) is 3.48. The maximum atomic E-state index is 12.9. The SMILES string of the molecule is CCC.CCC(C)CC(CC)(CC)C(=O)NCC(=O)N(C)[C@H](/C=C(\C)C(=O)O)C(C)C. The quantitative estimate of drug-likeness (QED) is 0.404. The number of hydrogen-bond donors (Lipinski definition) is 2. The minimum atomic E-state index is -1.000. The fraction of sp³-hybridized carbons (Fsp3) is 0.800. The number of carboxylic acids is 1. The number of likely N-dealkylation sites (N-methyl/N-ethyl adjacent to an activating group) is 1. The average molecular weight is 441 g/mol. The molecule has 0 fully saturated rings. The summed E-state index contributed by atoms with van der Waals surface area (Å²) in [7, 11) is 1.65. The molecule has 0 aromatic heterocycles. The van der Waals surface area contributed by atoms with E-state index < -0.39 is 11.4 Å². The van der Waals surface area contributed by atoms with E-state index in [4.69, 9.17) is 5.11 Å². The summed E-state index contributed by atoms with van der Waals surface area (Å²) >= 11 is 0. The number of rotatable bonds is 12. The minimum absolute atomic E-state index is 0.0507. The van der Waals surface area contributed by atoms with Crippen LogP contribution in [0.2, 0.25) is 0 Å². The van der Waals surface area contributed by atoms with E-state index in [-0.39, 0.29) is 35.9 Å². The minimum Gasteiger partial charge on any atom is -0.478 e. The van der Waals surface area contributed by atoms with E-state index in [0.29, 0.717) is 5.92 Å². The third-order valence-electron chi connectivity index (χ3n) is 5.95. The van der Waals surface area contributed by atoms with Crippen LogP contribution in [0, 0.1) is 17.3 Å². The number of nitrogens with one attached hydrogen (secondary N) is 1. The summed E-state index contributed by atoms with van der Waals surface area (Å²) < 4.78 is 0. The van der Waals surface area contributed by atoms with Crippen molar-refractivity contribution in [2.75, 3.05) is 13.6 Å². The molecule has 182 valence electrons. The Balaban J connectivity index is 0. The Hall–Kier alpha value is -1.85. The summed E-state index contributed by atoms with van der Waals surface area (Å²) in [6.45, 7) is 17.9. The van der Waals surface area contributed by atoms with Crippen LogP contribution in [0.1, 0.15) is 94.4 Å². The van der Waals surface area contributed by atoms with Gasteiger partial charge in [0.1, 0.15) is 0 Å². The molecule has 0 saturated heterocycles. The van der Waals surface area contributed by atoms with E-state index in [1.807, 2.05) is 27.7 Å². The van der Waals surface area contributed by atoms with Gasteiger partial charge in [-0.25, -0.2) is 4.79 Å². The van der Waals surface area contributed by atoms with Gasteiger partial charge in [0, 0.05) is 18.0 Å². The highest BCUT2D eigenvalue weighted by Crippen LogP contribution is 2.35. The lowest BCUT2D eigenvalue weighted by Gasteiger charge is -2.33. The van der Waals surface area contributed by atoms with E-state index >= 15 is 0 Å². The Morgan fingerprint density at radius 1 is 1.03 bits per heavy atom. The van der Waals surface area contributed by atoms with Crippen LogP contribution in [-0.2, 0) is 14.4 Å².